The summed E-state index contributed by atoms with van der Waals surface area (Å²) < 4.78 is 56.3. The van der Waals surface area contributed by atoms with E-state index in [0.717, 1.165) is 16.7 Å². The van der Waals surface area contributed by atoms with Gasteiger partial charge in [0.05, 0.1) is 0 Å². The molecular formula is C17H16F4N2O4S. The van der Waals surface area contributed by atoms with Gasteiger partial charge in [-0.2, -0.15) is 0 Å². The molecule has 0 bridgehead atoms. The molecule has 0 spiro atoms. The molecule has 2 aliphatic rings. The van der Waals surface area contributed by atoms with Crippen molar-refractivity contribution in [2.24, 2.45) is 0 Å². The number of benzene rings is 1. The van der Waals surface area contributed by atoms with Crippen LogP contribution in [0.4, 0.5) is 22.4 Å². The Hall–Kier alpha value is -2.30. The average Bonchev–Trinajstić information content (AvgIpc) is 2.85. The summed E-state index contributed by atoms with van der Waals surface area (Å²) in [5, 5.41) is -1.20. The second-order valence-electron chi connectivity index (χ2n) is 6.89. The van der Waals surface area contributed by atoms with Crippen LogP contribution >= 0.6 is 11.8 Å². The molecule has 2 fully saturated rings. The number of halogens is 4. The van der Waals surface area contributed by atoms with Crippen LogP contribution in [0.15, 0.2) is 30.3 Å². The van der Waals surface area contributed by atoms with Crippen molar-refractivity contribution in [2.75, 3.05) is 0 Å². The molecule has 0 aliphatic carbocycles. The van der Waals surface area contributed by atoms with Gasteiger partial charge in [-0.15, -0.1) is 29.3 Å². The van der Waals surface area contributed by atoms with Crippen LogP contribution in [0.1, 0.15) is 19.4 Å². The fourth-order valence-electron chi connectivity index (χ4n) is 3.39. The summed E-state index contributed by atoms with van der Waals surface area (Å²) in [7, 11) is 0. The molecule has 11 heteroatoms. The Bertz CT molecular complexity index is 802. The number of hydrogen-bond donors (Lipinski definition) is 0. The third kappa shape index (κ3) is 3.43. The van der Waals surface area contributed by atoms with E-state index in [4.69, 9.17) is 4.74 Å². The van der Waals surface area contributed by atoms with Crippen LogP contribution in [0.25, 0.3) is 0 Å². The maximum absolute atomic E-state index is 13.0. The molecule has 1 aromatic carbocycles. The van der Waals surface area contributed by atoms with Crippen molar-refractivity contribution in [1.82, 2.24) is 9.80 Å². The van der Waals surface area contributed by atoms with Crippen LogP contribution in [0.5, 0.6) is 0 Å². The van der Waals surface area contributed by atoms with Gasteiger partial charge in [0, 0.05) is 4.75 Å². The number of carbonyl (C=O) groups is 3. The van der Waals surface area contributed by atoms with Gasteiger partial charge in [-0.05, 0) is 19.4 Å². The molecular weight excluding hydrogens is 404 g/mol. The number of fused-ring (bicyclic) bond motifs is 1. The summed E-state index contributed by atoms with van der Waals surface area (Å²) >= 11 is 0.893. The van der Waals surface area contributed by atoms with Crippen LogP contribution < -0.4 is 0 Å². The molecule has 1 aromatic rings. The summed E-state index contributed by atoms with van der Waals surface area (Å²) in [5.74, 6) is -1.92. The number of nitrogens with zero attached hydrogens (tertiary/aromatic N) is 2. The lowest BCUT2D eigenvalue weighted by Gasteiger charge is -2.47. The van der Waals surface area contributed by atoms with Gasteiger partial charge in [0.25, 0.3) is 5.91 Å². The largest absolute Gasteiger partial charge is 0.490 e. The van der Waals surface area contributed by atoms with E-state index >= 15 is 0 Å². The smallest absolute Gasteiger partial charge is 0.459 e. The number of β-lactam (4-membered cyclic amide) rings is 1. The Kier molecular flexibility index (Phi) is 5.07. The van der Waals surface area contributed by atoms with Crippen molar-refractivity contribution >= 4 is 29.8 Å². The van der Waals surface area contributed by atoms with Crippen molar-refractivity contribution in [3.63, 3.8) is 0 Å². The summed E-state index contributed by atoms with van der Waals surface area (Å²) in [4.78, 5) is 35.7. The molecule has 0 radical (unpaired) electrons. The number of alkyl halides is 3. The molecule has 0 saturated carbocycles. The molecule has 6 nitrogen and oxygen atoms in total. The summed E-state index contributed by atoms with van der Waals surface area (Å²) in [5.41, 5.74) is 0.704. The zero-order chi connectivity index (χ0) is 20.9. The highest BCUT2D eigenvalue weighted by Gasteiger charge is 2.69. The Labute approximate surface area is 161 Å². The van der Waals surface area contributed by atoms with Gasteiger partial charge >= 0.3 is 18.4 Å². The lowest BCUT2D eigenvalue weighted by Crippen LogP contribution is -2.73. The molecule has 2 saturated heterocycles. The van der Waals surface area contributed by atoms with Gasteiger partial charge in [-0.25, -0.2) is 14.5 Å². The van der Waals surface area contributed by atoms with Crippen LogP contribution in [0, 0.1) is 0 Å². The number of amides is 2. The van der Waals surface area contributed by atoms with Crippen molar-refractivity contribution in [3.8, 4) is 0 Å². The minimum Gasteiger partial charge on any atom is -0.459 e. The van der Waals surface area contributed by atoms with E-state index < -0.39 is 51.4 Å². The molecule has 2 aliphatic heterocycles. The predicted molar refractivity (Wildman–Crippen MR) is 90.5 cm³/mol. The molecule has 152 valence electrons. The number of esters is 1. The molecule has 0 unspecified atom stereocenters. The first-order chi connectivity index (χ1) is 12.9. The molecule has 2 amide bonds. The number of rotatable bonds is 4. The zero-order valence-electron chi connectivity index (χ0n) is 14.8. The van der Waals surface area contributed by atoms with Gasteiger partial charge in [0.1, 0.15) is 18.0 Å². The third-order valence-corrected chi connectivity index (χ3v) is 6.16. The van der Waals surface area contributed by atoms with E-state index in [9.17, 15) is 31.9 Å². The Morgan fingerprint density at radius 1 is 1.25 bits per heavy atom. The van der Waals surface area contributed by atoms with Gasteiger partial charge < -0.3 is 9.64 Å². The number of ether oxygens (including phenoxy) is 1. The number of thioether (sulfide) groups is 1. The standard InChI is InChI=1S/C17H16F4N2O4S/c1-16(2)11(14(25)27-8-9-6-4-3-5-7-9)22-12(24)10(13(22)28-16)23(15(18)26)17(19,20)21/h3-7,10-11,13H,8H2,1-2H3/t10-,11+,13-/m0/s1. The summed E-state index contributed by atoms with van der Waals surface area (Å²) in [6.07, 6.45) is -8.12. The van der Waals surface area contributed by atoms with Crippen molar-refractivity contribution < 1.29 is 36.7 Å². The van der Waals surface area contributed by atoms with Gasteiger partial charge in [0.2, 0.25) is 0 Å². The highest BCUT2D eigenvalue weighted by molar-refractivity contribution is 8.01. The van der Waals surface area contributed by atoms with Gasteiger partial charge in [0.15, 0.2) is 6.04 Å². The molecule has 0 N–H and O–H groups in total. The second kappa shape index (κ2) is 6.94. The zero-order valence-corrected chi connectivity index (χ0v) is 15.6. The summed E-state index contributed by atoms with van der Waals surface area (Å²) in [6, 6.07) is 5.53. The normalized spacial score (nSPS) is 25.7. The molecule has 3 rings (SSSR count). The lowest BCUT2D eigenvalue weighted by atomic mass is 9.95. The minimum absolute atomic E-state index is 0.0648. The first kappa shape index (κ1) is 20.4. The number of hydrogen-bond acceptors (Lipinski definition) is 5. The topological polar surface area (TPSA) is 66.9 Å². The van der Waals surface area contributed by atoms with E-state index in [1.165, 1.54) is 0 Å². The van der Waals surface area contributed by atoms with Crippen molar-refractivity contribution in [1.29, 1.82) is 0 Å². The van der Waals surface area contributed by atoms with Crippen molar-refractivity contribution in [3.05, 3.63) is 35.9 Å². The fraction of sp³-hybridized carbons (Fsp3) is 0.471. The monoisotopic (exact) mass is 420 g/mol. The fourth-order valence-corrected chi connectivity index (χ4v) is 5.05. The van der Waals surface area contributed by atoms with E-state index in [0.29, 0.717) is 5.56 Å². The van der Waals surface area contributed by atoms with Crippen molar-refractivity contribution in [2.45, 2.75) is 49.0 Å². The predicted octanol–water partition coefficient (Wildman–Crippen LogP) is 3.07. The Morgan fingerprint density at radius 3 is 2.39 bits per heavy atom. The average molecular weight is 420 g/mol. The van der Waals surface area contributed by atoms with Gasteiger partial charge in [-0.3, -0.25) is 4.79 Å². The maximum Gasteiger partial charge on any atom is 0.490 e. The Morgan fingerprint density at radius 2 is 1.86 bits per heavy atom. The highest BCUT2D eigenvalue weighted by Crippen LogP contribution is 2.53. The van der Waals surface area contributed by atoms with Crippen LogP contribution in [0.2, 0.25) is 0 Å². The van der Waals surface area contributed by atoms with Crippen LogP contribution in [-0.2, 0) is 20.9 Å². The first-order valence-electron chi connectivity index (χ1n) is 8.21. The Balaban J connectivity index is 1.78. The van der Waals surface area contributed by atoms with Crippen LogP contribution in [0.3, 0.4) is 0 Å². The quantitative estimate of drug-likeness (QED) is 0.246. The SMILES string of the molecule is CC1(C)S[C@H]2[C@@H](N(C(=O)F)C(F)(F)F)C(=O)N2[C@@H]1C(=O)OCc1ccccc1. The van der Waals surface area contributed by atoms with Gasteiger partial charge in [-0.1, -0.05) is 30.3 Å². The first-order valence-corrected chi connectivity index (χ1v) is 9.09. The highest BCUT2D eigenvalue weighted by atomic mass is 32.2. The number of carbonyl (C=O) groups excluding carboxylic acids is 3. The van der Waals surface area contributed by atoms with E-state index in [1.54, 1.807) is 44.2 Å². The molecule has 2 heterocycles. The lowest BCUT2D eigenvalue weighted by molar-refractivity contribution is -0.249. The van der Waals surface area contributed by atoms with E-state index in [-0.39, 0.29) is 6.61 Å². The summed E-state index contributed by atoms with van der Waals surface area (Å²) in [6.45, 7) is 3.08. The molecule has 0 aromatic heterocycles. The van der Waals surface area contributed by atoms with E-state index in [2.05, 4.69) is 0 Å². The van der Waals surface area contributed by atoms with E-state index in [1.807, 2.05) is 0 Å². The van der Waals surface area contributed by atoms with Crippen LogP contribution in [-0.4, -0.2) is 56.3 Å². The molecule has 28 heavy (non-hydrogen) atoms. The third-order valence-electron chi connectivity index (χ3n) is 4.60. The second-order valence-corrected chi connectivity index (χ2v) is 8.66. The maximum atomic E-state index is 13.0. The minimum atomic E-state index is -5.35. The molecule has 3 atom stereocenters.